The molecule has 31 heavy (non-hydrogen) atoms. The van der Waals surface area contributed by atoms with Gasteiger partial charge >= 0.3 is 0 Å². The van der Waals surface area contributed by atoms with E-state index in [1.807, 2.05) is 0 Å². The lowest BCUT2D eigenvalue weighted by molar-refractivity contribution is -0.129. The van der Waals surface area contributed by atoms with Crippen LogP contribution in [0.1, 0.15) is 48.2 Å². The molecule has 0 spiro atoms. The standard InChI is InChI=1S/C23H26F2N4O2/c1-14(2)7-20-11-21(30)29(23(26)28-20)13-16-8-17(10-19(25)9-16)22(31)27-12-15-3-5-18(24)6-4-15/h3-6,8-10,14,20H,7,11-13H2,1-2H3,(H2,26,28)(H,27,31). The van der Waals surface area contributed by atoms with Gasteiger partial charge in [0.05, 0.1) is 12.6 Å². The average molecular weight is 428 g/mol. The molecular weight excluding hydrogens is 402 g/mol. The molecule has 0 radical (unpaired) electrons. The summed E-state index contributed by atoms with van der Waals surface area (Å²) >= 11 is 0. The number of nitrogens with zero attached hydrogens (tertiary/aromatic N) is 2. The maximum absolute atomic E-state index is 14.2. The van der Waals surface area contributed by atoms with E-state index in [9.17, 15) is 18.4 Å². The van der Waals surface area contributed by atoms with Gasteiger partial charge in [0.25, 0.3) is 5.91 Å². The maximum atomic E-state index is 14.2. The second kappa shape index (κ2) is 9.68. The molecule has 1 unspecified atom stereocenters. The van der Waals surface area contributed by atoms with Crippen LogP contribution in [0.3, 0.4) is 0 Å². The smallest absolute Gasteiger partial charge is 0.251 e. The van der Waals surface area contributed by atoms with Crippen LogP contribution < -0.4 is 11.1 Å². The third-order valence-electron chi connectivity index (χ3n) is 4.97. The number of hydrogen-bond acceptors (Lipinski definition) is 4. The molecule has 0 bridgehead atoms. The Labute approximate surface area is 180 Å². The molecule has 1 aliphatic heterocycles. The van der Waals surface area contributed by atoms with E-state index in [1.165, 1.54) is 29.2 Å². The molecule has 1 heterocycles. The number of nitrogens with one attached hydrogen (secondary N) is 1. The van der Waals surface area contributed by atoms with Crippen molar-refractivity contribution in [3.8, 4) is 0 Å². The van der Waals surface area contributed by atoms with Crippen LogP contribution in [0.2, 0.25) is 0 Å². The van der Waals surface area contributed by atoms with E-state index >= 15 is 0 Å². The largest absolute Gasteiger partial charge is 0.369 e. The number of guanidine groups is 1. The van der Waals surface area contributed by atoms with E-state index in [1.54, 1.807) is 12.1 Å². The van der Waals surface area contributed by atoms with Crippen LogP contribution in [-0.2, 0) is 17.9 Å². The molecule has 2 aromatic carbocycles. The summed E-state index contributed by atoms with van der Waals surface area (Å²) in [5, 5.41) is 2.68. The summed E-state index contributed by atoms with van der Waals surface area (Å²) in [5.41, 5.74) is 7.26. The Kier molecular flexibility index (Phi) is 6.99. The highest BCUT2D eigenvalue weighted by molar-refractivity contribution is 5.98. The van der Waals surface area contributed by atoms with Crippen molar-refractivity contribution in [1.29, 1.82) is 0 Å². The lowest BCUT2D eigenvalue weighted by Crippen LogP contribution is -2.46. The van der Waals surface area contributed by atoms with Crippen LogP contribution in [0.4, 0.5) is 8.78 Å². The zero-order valence-corrected chi connectivity index (χ0v) is 17.6. The summed E-state index contributed by atoms with van der Waals surface area (Å²) in [6.07, 6.45) is 1.01. The second-order valence-corrected chi connectivity index (χ2v) is 8.11. The van der Waals surface area contributed by atoms with Crippen molar-refractivity contribution in [1.82, 2.24) is 10.2 Å². The predicted octanol–water partition coefficient (Wildman–Crippen LogP) is 3.36. The molecule has 1 aliphatic rings. The number of amides is 2. The van der Waals surface area contributed by atoms with Crippen molar-refractivity contribution in [2.75, 3.05) is 0 Å². The highest BCUT2D eigenvalue weighted by atomic mass is 19.1. The molecular formula is C23H26F2N4O2. The minimum absolute atomic E-state index is 0.0264. The molecule has 0 aromatic heterocycles. The molecule has 3 N–H and O–H groups in total. The van der Waals surface area contributed by atoms with Gasteiger partial charge in [-0.25, -0.2) is 13.8 Å². The fourth-order valence-electron chi connectivity index (χ4n) is 3.53. The minimum atomic E-state index is -0.595. The molecule has 0 aliphatic carbocycles. The molecule has 8 heteroatoms. The van der Waals surface area contributed by atoms with Gasteiger partial charge in [0.1, 0.15) is 11.6 Å². The highest BCUT2D eigenvalue weighted by Crippen LogP contribution is 2.20. The first-order chi connectivity index (χ1) is 14.7. The topological polar surface area (TPSA) is 87.8 Å². The summed E-state index contributed by atoms with van der Waals surface area (Å²) in [4.78, 5) is 30.7. The minimum Gasteiger partial charge on any atom is -0.369 e. The normalized spacial score (nSPS) is 16.4. The van der Waals surface area contributed by atoms with Gasteiger partial charge in [-0.3, -0.25) is 14.5 Å². The Balaban J connectivity index is 1.69. The van der Waals surface area contributed by atoms with Crippen LogP contribution in [0.5, 0.6) is 0 Å². The summed E-state index contributed by atoms with van der Waals surface area (Å²) < 4.78 is 27.2. The van der Waals surface area contributed by atoms with Crippen molar-refractivity contribution in [3.05, 3.63) is 70.8 Å². The zero-order valence-electron chi connectivity index (χ0n) is 17.6. The van der Waals surface area contributed by atoms with E-state index in [4.69, 9.17) is 5.73 Å². The number of aliphatic imine (C=N–C) groups is 1. The first-order valence-electron chi connectivity index (χ1n) is 10.2. The third kappa shape index (κ3) is 6.10. The molecule has 6 nitrogen and oxygen atoms in total. The van der Waals surface area contributed by atoms with Gasteiger partial charge in [0.15, 0.2) is 5.96 Å². The predicted molar refractivity (Wildman–Crippen MR) is 114 cm³/mol. The first kappa shape index (κ1) is 22.4. The molecule has 1 atom stereocenters. The highest BCUT2D eigenvalue weighted by Gasteiger charge is 2.28. The number of hydrogen-bond donors (Lipinski definition) is 2. The Morgan fingerprint density at radius 1 is 1.16 bits per heavy atom. The van der Waals surface area contributed by atoms with E-state index in [0.717, 1.165) is 12.5 Å². The van der Waals surface area contributed by atoms with Crippen molar-refractivity contribution in [3.63, 3.8) is 0 Å². The molecule has 0 saturated carbocycles. The van der Waals surface area contributed by atoms with E-state index in [-0.39, 0.29) is 48.8 Å². The van der Waals surface area contributed by atoms with E-state index in [2.05, 4.69) is 24.2 Å². The van der Waals surface area contributed by atoms with Gasteiger partial charge in [-0.15, -0.1) is 0 Å². The van der Waals surface area contributed by atoms with Gasteiger partial charge in [-0.05, 0) is 53.8 Å². The van der Waals surface area contributed by atoms with Gasteiger partial charge in [0.2, 0.25) is 5.91 Å². The molecule has 0 fully saturated rings. The fraction of sp³-hybridized carbons (Fsp3) is 0.348. The SMILES string of the molecule is CC(C)CC1CC(=O)N(Cc2cc(F)cc(C(=O)NCc3ccc(F)cc3)c2)C(N)=N1. The van der Waals surface area contributed by atoms with E-state index < -0.39 is 11.7 Å². The second-order valence-electron chi connectivity index (χ2n) is 8.11. The van der Waals surface area contributed by atoms with Crippen LogP contribution in [0.25, 0.3) is 0 Å². The van der Waals surface area contributed by atoms with E-state index in [0.29, 0.717) is 17.0 Å². The number of halogens is 2. The lowest BCUT2D eigenvalue weighted by atomic mass is 10.00. The lowest BCUT2D eigenvalue weighted by Gasteiger charge is -2.29. The number of carbonyl (C=O) groups is 2. The summed E-state index contributed by atoms with van der Waals surface area (Å²) in [7, 11) is 0. The van der Waals surface area contributed by atoms with Crippen LogP contribution >= 0.6 is 0 Å². The quantitative estimate of drug-likeness (QED) is 0.709. The Hall–Kier alpha value is -3.29. The van der Waals surface area contributed by atoms with Crippen molar-refractivity contribution in [2.24, 2.45) is 16.6 Å². The Morgan fingerprint density at radius 3 is 2.52 bits per heavy atom. The Morgan fingerprint density at radius 2 is 1.87 bits per heavy atom. The number of benzene rings is 2. The van der Waals surface area contributed by atoms with Crippen LogP contribution in [0.15, 0.2) is 47.5 Å². The van der Waals surface area contributed by atoms with Gasteiger partial charge < -0.3 is 11.1 Å². The van der Waals surface area contributed by atoms with Crippen LogP contribution in [-0.4, -0.2) is 28.7 Å². The average Bonchev–Trinajstić information content (AvgIpc) is 2.69. The molecule has 164 valence electrons. The van der Waals surface area contributed by atoms with Crippen LogP contribution in [0, 0.1) is 17.6 Å². The Bertz CT molecular complexity index is 990. The molecule has 3 rings (SSSR count). The van der Waals surface area contributed by atoms with Gasteiger partial charge in [-0.1, -0.05) is 26.0 Å². The number of rotatable bonds is 7. The molecule has 2 amide bonds. The summed E-state index contributed by atoms with van der Waals surface area (Å²) in [6.45, 7) is 4.31. The zero-order chi connectivity index (χ0) is 22.5. The third-order valence-corrected chi connectivity index (χ3v) is 4.97. The number of carbonyl (C=O) groups excluding carboxylic acids is 2. The van der Waals surface area contributed by atoms with Crippen molar-refractivity contribution < 1.29 is 18.4 Å². The van der Waals surface area contributed by atoms with Crippen molar-refractivity contribution >= 4 is 17.8 Å². The van der Waals surface area contributed by atoms with Gasteiger partial charge in [-0.2, -0.15) is 0 Å². The number of nitrogens with two attached hydrogens (primary N) is 1. The summed E-state index contributed by atoms with van der Waals surface area (Å²) in [5.74, 6) is -1.12. The fourth-order valence-corrected chi connectivity index (χ4v) is 3.53. The van der Waals surface area contributed by atoms with Gasteiger partial charge in [0, 0.05) is 18.5 Å². The molecule has 0 saturated heterocycles. The summed E-state index contributed by atoms with van der Waals surface area (Å²) in [6, 6.07) is 9.47. The maximum Gasteiger partial charge on any atom is 0.251 e. The molecule has 2 aromatic rings. The first-order valence-corrected chi connectivity index (χ1v) is 10.2. The monoisotopic (exact) mass is 428 g/mol. The van der Waals surface area contributed by atoms with Crippen molar-refractivity contribution in [2.45, 2.75) is 45.8 Å².